The van der Waals surface area contributed by atoms with Gasteiger partial charge in [-0.25, -0.2) is 4.98 Å². The van der Waals surface area contributed by atoms with E-state index >= 15 is 0 Å². The van der Waals surface area contributed by atoms with Crippen LogP contribution in [0.25, 0.3) is 0 Å². The quantitative estimate of drug-likeness (QED) is 0.705. The highest BCUT2D eigenvalue weighted by atomic mass is 16.5. The van der Waals surface area contributed by atoms with E-state index in [4.69, 9.17) is 10.00 Å². The summed E-state index contributed by atoms with van der Waals surface area (Å²) < 4.78 is 4.83. The molecule has 0 unspecified atom stereocenters. The largest absolute Gasteiger partial charge is 0.465 e. The van der Waals surface area contributed by atoms with E-state index in [9.17, 15) is 4.79 Å². The number of ether oxygens (including phenoxy) is 1. The van der Waals surface area contributed by atoms with Crippen LogP contribution in [0.5, 0.6) is 0 Å². The monoisotopic (exact) mass is 219 g/mol. The lowest BCUT2D eigenvalue weighted by Crippen LogP contribution is -2.27. The van der Waals surface area contributed by atoms with Crippen molar-refractivity contribution in [2.24, 2.45) is 0 Å². The SMILES string of the molecule is CCOC(=O)CN(C)c1ccc(C#N)nc1. The summed E-state index contributed by atoms with van der Waals surface area (Å²) in [5, 5.41) is 8.58. The minimum atomic E-state index is -0.283. The zero-order chi connectivity index (χ0) is 12.0. The number of hydrogen-bond donors (Lipinski definition) is 0. The topological polar surface area (TPSA) is 66.2 Å². The molecule has 0 bridgehead atoms. The maximum Gasteiger partial charge on any atom is 0.325 e. The van der Waals surface area contributed by atoms with E-state index in [0.717, 1.165) is 5.69 Å². The van der Waals surface area contributed by atoms with Gasteiger partial charge in [-0.1, -0.05) is 0 Å². The van der Waals surface area contributed by atoms with Gasteiger partial charge in [-0.05, 0) is 19.1 Å². The van der Waals surface area contributed by atoms with E-state index in [0.29, 0.717) is 12.3 Å². The van der Waals surface area contributed by atoms with Crippen LogP contribution in [0.3, 0.4) is 0 Å². The molecule has 84 valence electrons. The fourth-order valence-corrected chi connectivity index (χ4v) is 1.17. The van der Waals surface area contributed by atoms with Crippen molar-refractivity contribution in [3.8, 4) is 6.07 Å². The van der Waals surface area contributed by atoms with Gasteiger partial charge >= 0.3 is 5.97 Å². The Bertz CT molecular complexity index is 395. The Labute approximate surface area is 94.3 Å². The highest BCUT2D eigenvalue weighted by Crippen LogP contribution is 2.10. The molecular formula is C11H13N3O2. The Hall–Kier alpha value is -2.09. The van der Waals surface area contributed by atoms with Crippen molar-refractivity contribution < 1.29 is 9.53 Å². The van der Waals surface area contributed by atoms with Gasteiger partial charge in [0.15, 0.2) is 0 Å². The summed E-state index contributed by atoms with van der Waals surface area (Å²) in [5.74, 6) is -0.283. The van der Waals surface area contributed by atoms with Crippen molar-refractivity contribution in [3.05, 3.63) is 24.0 Å². The molecule has 0 saturated carbocycles. The highest BCUT2D eigenvalue weighted by molar-refractivity contribution is 5.75. The maximum absolute atomic E-state index is 11.2. The van der Waals surface area contributed by atoms with Gasteiger partial charge in [0, 0.05) is 7.05 Å². The van der Waals surface area contributed by atoms with Crippen molar-refractivity contribution in [1.29, 1.82) is 5.26 Å². The number of carbonyl (C=O) groups is 1. The number of esters is 1. The van der Waals surface area contributed by atoms with Crippen LogP contribution in [0.2, 0.25) is 0 Å². The van der Waals surface area contributed by atoms with Gasteiger partial charge < -0.3 is 9.64 Å². The molecular weight excluding hydrogens is 206 g/mol. The lowest BCUT2D eigenvalue weighted by Gasteiger charge is -2.17. The van der Waals surface area contributed by atoms with Gasteiger partial charge in [0.2, 0.25) is 0 Å². The molecule has 0 N–H and O–H groups in total. The fraction of sp³-hybridized carbons (Fsp3) is 0.364. The molecule has 0 radical (unpaired) electrons. The smallest absolute Gasteiger partial charge is 0.325 e. The van der Waals surface area contributed by atoms with Gasteiger partial charge in [0.25, 0.3) is 0 Å². The minimum absolute atomic E-state index is 0.168. The number of nitrogens with zero attached hydrogens (tertiary/aromatic N) is 3. The average Bonchev–Trinajstić information content (AvgIpc) is 2.29. The zero-order valence-electron chi connectivity index (χ0n) is 9.30. The minimum Gasteiger partial charge on any atom is -0.465 e. The van der Waals surface area contributed by atoms with Crippen LogP contribution in [-0.4, -0.2) is 31.2 Å². The molecule has 0 atom stereocenters. The second-order valence-corrected chi connectivity index (χ2v) is 3.17. The molecule has 1 aromatic heterocycles. The van der Waals surface area contributed by atoms with Gasteiger partial charge in [0.05, 0.1) is 18.5 Å². The molecule has 0 aliphatic heterocycles. The van der Waals surface area contributed by atoms with E-state index in [1.807, 2.05) is 6.07 Å². The van der Waals surface area contributed by atoms with Gasteiger partial charge in [-0.3, -0.25) is 4.79 Å². The van der Waals surface area contributed by atoms with E-state index < -0.39 is 0 Å². The molecule has 0 aliphatic rings. The van der Waals surface area contributed by atoms with Gasteiger partial charge in [0.1, 0.15) is 18.3 Å². The molecule has 0 aliphatic carbocycles. The molecule has 0 fully saturated rings. The summed E-state index contributed by atoms with van der Waals surface area (Å²) in [4.78, 5) is 16.8. The summed E-state index contributed by atoms with van der Waals surface area (Å²) in [7, 11) is 1.76. The first kappa shape index (κ1) is 12.0. The number of pyridine rings is 1. The van der Waals surface area contributed by atoms with E-state index in [-0.39, 0.29) is 12.5 Å². The predicted molar refractivity (Wildman–Crippen MR) is 58.9 cm³/mol. The predicted octanol–water partition coefficient (Wildman–Crippen LogP) is 0.953. The van der Waals surface area contributed by atoms with E-state index in [1.54, 1.807) is 37.2 Å². The number of carbonyl (C=O) groups excluding carboxylic acids is 1. The molecule has 0 saturated heterocycles. The Morgan fingerprint density at radius 3 is 2.88 bits per heavy atom. The number of nitriles is 1. The van der Waals surface area contributed by atoms with Crippen LogP contribution in [0.4, 0.5) is 5.69 Å². The third-order valence-corrected chi connectivity index (χ3v) is 1.97. The normalized spacial score (nSPS) is 9.31. The van der Waals surface area contributed by atoms with Crippen molar-refractivity contribution >= 4 is 11.7 Å². The summed E-state index contributed by atoms with van der Waals surface area (Å²) in [6.45, 7) is 2.31. The second-order valence-electron chi connectivity index (χ2n) is 3.17. The molecule has 5 heteroatoms. The fourth-order valence-electron chi connectivity index (χ4n) is 1.17. The summed E-state index contributed by atoms with van der Waals surface area (Å²) >= 11 is 0. The van der Waals surface area contributed by atoms with Crippen LogP contribution in [0.15, 0.2) is 18.3 Å². The number of rotatable bonds is 4. The van der Waals surface area contributed by atoms with Crippen molar-refractivity contribution in [3.63, 3.8) is 0 Å². The highest BCUT2D eigenvalue weighted by Gasteiger charge is 2.08. The second kappa shape index (κ2) is 5.71. The van der Waals surface area contributed by atoms with Gasteiger partial charge in [-0.2, -0.15) is 5.26 Å². The Morgan fingerprint density at radius 2 is 2.38 bits per heavy atom. The average molecular weight is 219 g/mol. The van der Waals surface area contributed by atoms with Crippen LogP contribution < -0.4 is 4.90 Å². The van der Waals surface area contributed by atoms with Gasteiger partial charge in [-0.15, -0.1) is 0 Å². The van der Waals surface area contributed by atoms with Crippen LogP contribution in [0, 0.1) is 11.3 Å². The molecule has 1 rings (SSSR count). The van der Waals surface area contributed by atoms with Crippen LogP contribution in [-0.2, 0) is 9.53 Å². The molecule has 1 heterocycles. The number of anilines is 1. The van der Waals surface area contributed by atoms with Crippen molar-refractivity contribution in [2.75, 3.05) is 25.1 Å². The summed E-state index contributed by atoms with van der Waals surface area (Å²) in [6.07, 6.45) is 1.55. The Kier molecular flexibility index (Phi) is 4.28. The Morgan fingerprint density at radius 1 is 1.62 bits per heavy atom. The molecule has 0 aromatic carbocycles. The van der Waals surface area contributed by atoms with Crippen molar-refractivity contribution in [1.82, 2.24) is 4.98 Å². The third-order valence-electron chi connectivity index (χ3n) is 1.97. The Balaban J connectivity index is 2.63. The third kappa shape index (κ3) is 3.24. The van der Waals surface area contributed by atoms with E-state index in [1.165, 1.54) is 0 Å². The first-order valence-corrected chi connectivity index (χ1v) is 4.90. The van der Waals surface area contributed by atoms with Crippen LogP contribution in [0.1, 0.15) is 12.6 Å². The summed E-state index contributed by atoms with van der Waals surface area (Å²) in [5.41, 5.74) is 1.13. The molecule has 5 nitrogen and oxygen atoms in total. The molecule has 1 aromatic rings. The standard InChI is InChI=1S/C11H13N3O2/c1-3-16-11(15)8-14(2)10-5-4-9(6-12)13-7-10/h4-5,7H,3,8H2,1-2H3. The number of aromatic nitrogens is 1. The van der Waals surface area contributed by atoms with E-state index in [2.05, 4.69) is 4.98 Å². The summed E-state index contributed by atoms with van der Waals surface area (Å²) in [6, 6.07) is 5.28. The van der Waals surface area contributed by atoms with Crippen LogP contribution >= 0.6 is 0 Å². The molecule has 16 heavy (non-hydrogen) atoms. The molecule has 0 spiro atoms. The lowest BCUT2D eigenvalue weighted by molar-refractivity contribution is -0.141. The maximum atomic E-state index is 11.2. The van der Waals surface area contributed by atoms with Crippen molar-refractivity contribution in [2.45, 2.75) is 6.92 Å². The number of likely N-dealkylation sites (N-methyl/N-ethyl adjacent to an activating group) is 1. The first-order chi connectivity index (χ1) is 7.67. The molecule has 0 amide bonds. The lowest BCUT2D eigenvalue weighted by atomic mass is 10.3. The number of hydrogen-bond acceptors (Lipinski definition) is 5. The zero-order valence-corrected chi connectivity index (χ0v) is 9.30. The first-order valence-electron chi connectivity index (χ1n) is 4.90.